The van der Waals surface area contributed by atoms with Crippen LogP contribution in [0, 0.1) is 5.41 Å². The third-order valence-corrected chi connectivity index (χ3v) is 7.68. The first kappa shape index (κ1) is 24.2. The lowest BCUT2D eigenvalue weighted by Crippen LogP contribution is -2.50. The van der Waals surface area contributed by atoms with Gasteiger partial charge in [-0.2, -0.15) is 4.31 Å². The van der Waals surface area contributed by atoms with Gasteiger partial charge in [-0.15, -0.1) is 0 Å². The highest BCUT2D eigenvalue weighted by molar-refractivity contribution is 7.89. The zero-order chi connectivity index (χ0) is 23.4. The van der Waals surface area contributed by atoms with E-state index in [0.717, 1.165) is 0 Å². The van der Waals surface area contributed by atoms with Crippen molar-refractivity contribution >= 4 is 27.5 Å². The zero-order valence-corrected chi connectivity index (χ0v) is 19.6. The summed E-state index contributed by atoms with van der Waals surface area (Å²) in [5.41, 5.74) is 4.77. The number of benzene rings is 2. The SMILES string of the molecule is COc1cc(OC)c(S(=O)(=O)N2CCC[C@](COc3ccccc3)(CC(N)=O)C2)cc1Cl. The van der Waals surface area contributed by atoms with Crippen molar-refractivity contribution in [3.63, 3.8) is 0 Å². The number of sulfonamides is 1. The summed E-state index contributed by atoms with van der Waals surface area (Å²) in [5, 5.41) is 0.152. The Labute approximate surface area is 193 Å². The van der Waals surface area contributed by atoms with Crippen molar-refractivity contribution in [2.45, 2.75) is 24.2 Å². The average Bonchev–Trinajstić information content (AvgIpc) is 2.78. The van der Waals surface area contributed by atoms with E-state index in [0.29, 0.717) is 30.9 Å². The molecule has 1 aliphatic rings. The molecular formula is C22H27ClN2O6S. The molecule has 2 aromatic carbocycles. The molecule has 0 bridgehead atoms. The second kappa shape index (κ2) is 9.97. The molecule has 3 rings (SSSR count). The van der Waals surface area contributed by atoms with Crippen LogP contribution < -0.4 is 19.9 Å². The molecule has 1 fully saturated rings. The van der Waals surface area contributed by atoms with Crippen LogP contribution in [0.15, 0.2) is 47.4 Å². The number of primary amides is 1. The predicted octanol–water partition coefficient (Wildman–Crippen LogP) is 3.08. The molecule has 2 N–H and O–H groups in total. The van der Waals surface area contributed by atoms with E-state index < -0.39 is 21.3 Å². The van der Waals surface area contributed by atoms with Crippen LogP contribution in [0.5, 0.6) is 17.2 Å². The van der Waals surface area contributed by atoms with E-state index in [1.54, 1.807) is 12.1 Å². The quantitative estimate of drug-likeness (QED) is 0.588. The molecule has 32 heavy (non-hydrogen) atoms. The fourth-order valence-corrected chi connectivity index (χ4v) is 6.04. The number of nitrogens with zero attached hydrogens (tertiary/aromatic N) is 1. The van der Waals surface area contributed by atoms with Gasteiger partial charge in [-0.3, -0.25) is 4.79 Å². The fraction of sp³-hybridized carbons (Fsp3) is 0.409. The topological polar surface area (TPSA) is 108 Å². The number of carbonyl (C=O) groups is 1. The van der Waals surface area contributed by atoms with E-state index in [1.165, 1.54) is 30.7 Å². The van der Waals surface area contributed by atoms with Crippen molar-refractivity contribution in [2.24, 2.45) is 11.1 Å². The number of amides is 1. The molecule has 0 radical (unpaired) electrons. The molecule has 0 aliphatic carbocycles. The summed E-state index contributed by atoms with van der Waals surface area (Å²) in [6.07, 6.45) is 1.17. The van der Waals surface area contributed by atoms with Crippen LogP contribution in [0.4, 0.5) is 0 Å². The van der Waals surface area contributed by atoms with Crippen LogP contribution in [-0.2, 0) is 14.8 Å². The van der Waals surface area contributed by atoms with Crippen molar-refractivity contribution < 1.29 is 27.4 Å². The maximum Gasteiger partial charge on any atom is 0.246 e. The molecule has 1 aliphatic heterocycles. The summed E-state index contributed by atoms with van der Waals surface area (Å²) < 4.78 is 44.8. The highest BCUT2D eigenvalue weighted by Crippen LogP contribution is 2.40. The van der Waals surface area contributed by atoms with E-state index in [2.05, 4.69) is 0 Å². The van der Waals surface area contributed by atoms with Crippen LogP contribution in [0.3, 0.4) is 0 Å². The Kier molecular flexibility index (Phi) is 7.53. The van der Waals surface area contributed by atoms with Gasteiger partial charge in [-0.25, -0.2) is 8.42 Å². The summed E-state index contributed by atoms with van der Waals surface area (Å²) in [5.74, 6) is 0.559. The lowest BCUT2D eigenvalue weighted by Gasteiger charge is -2.41. The maximum absolute atomic E-state index is 13.6. The van der Waals surface area contributed by atoms with Crippen molar-refractivity contribution in [2.75, 3.05) is 33.9 Å². The predicted molar refractivity (Wildman–Crippen MR) is 121 cm³/mol. The van der Waals surface area contributed by atoms with Gasteiger partial charge in [0.05, 0.1) is 25.8 Å². The minimum atomic E-state index is -3.98. The number of ether oxygens (including phenoxy) is 3. The lowest BCUT2D eigenvalue weighted by molar-refractivity contribution is -0.121. The van der Waals surface area contributed by atoms with Crippen molar-refractivity contribution in [3.05, 3.63) is 47.5 Å². The van der Waals surface area contributed by atoms with E-state index in [9.17, 15) is 13.2 Å². The Morgan fingerprint density at radius 2 is 1.84 bits per heavy atom. The fourth-order valence-electron chi connectivity index (χ4n) is 3.98. The second-order valence-electron chi connectivity index (χ2n) is 7.82. The minimum Gasteiger partial charge on any atom is -0.495 e. The molecule has 0 saturated carbocycles. The van der Waals surface area contributed by atoms with Gasteiger partial charge in [0.25, 0.3) is 0 Å². The first-order chi connectivity index (χ1) is 15.2. The van der Waals surface area contributed by atoms with Gasteiger partial charge in [0, 0.05) is 31.0 Å². The van der Waals surface area contributed by atoms with E-state index in [-0.39, 0.29) is 35.2 Å². The number of nitrogens with two attached hydrogens (primary N) is 1. The van der Waals surface area contributed by atoms with Crippen molar-refractivity contribution in [1.29, 1.82) is 0 Å². The number of para-hydroxylation sites is 1. The van der Waals surface area contributed by atoms with Crippen LogP contribution >= 0.6 is 11.6 Å². The van der Waals surface area contributed by atoms with Crippen LogP contribution in [-0.4, -0.2) is 52.5 Å². The van der Waals surface area contributed by atoms with Gasteiger partial charge >= 0.3 is 0 Å². The number of methoxy groups -OCH3 is 2. The largest absolute Gasteiger partial charge is 0.495 e. The number of piperidine rings is 1. The van der Waals surface area contributed by atoms with Crippen molar-refractivity contribution in [1.82, 2.24) is 4.31 Å². The maximum atomic E-state index is 13.6. The van der Waals surface area contributed by atoms with Gasteiger partial charge in [0.1, 0.15) is 22.1 Å². The second-order valence-corrected chi connectivity index (χ2v) is 10.1. The Hall–Kier alpha value is -2.49. The number of halogens is 1. The zero-order valence-electron chi connectivity index (χ0n) is 18.0. The van der Waals surface area contributed by atoms with Crippen LogP contribution in [0.25, 0.3) is 0 Å². The Morgan fingerprint density at radius 3 is 2.47 bits per heavy atom. The average molecular weight is 483 g/mol. The van der Waals surface area contributed by atoms with Gasteiger partial charge in [-0.05, 0) is 31.0 Å². The molecule has 2 aromatic rings. The molecule has 174 valence electrons. The molecule has 10 heteroatoms. The minimum absolute atomic E-state index is 0.00631. The molecule has 0 aromatic heterocycles. The Balaban J connectivity index is 1.92. The van der Waals surface area contributed by atoms with Crippen LogP contribution in [0.1, 0.15) is 19.3 Å². The summed E-state index contributed by atoms with van der Waals surface area (Å²) in [4.78, 5) is 11.8. The summed E-state index contributed by atoms with van der Waals surface area (Å²) in [7, 11) is -1.17. The standard InChI is InChI=1S/C22H27ClN2O6S/c1-29-18-12-19(30-2)20(11-17(18)23)32(27,28)25-10-6-9-22(14-25,13-21(24)26)15-31-16-7-4-3-5-8-16/h3-5,7-8,11-12H,6,9-10,13-15H2,1-2H3,(H2,24,26)/t22-/m0/s1. The van der Waals surface area contributed by atoms with Gasteiger partial charge in [-0.1, -0.05) is 29.8 Å². The Morgan fingerprint density at radius 1 is 1.16 bits per heavy atom. The van der Waals surface area contributed by atoms with Gasteiger partial charge < -0.3 is 19.9 Å². The van der Waals surface area contributed by atoms with Gasteiger partial charge in [0.15, 0.2) is 0 Å². The molecule has 1 heterocycles. The number of hydrogen-bond donors (Lipinski definition) is 1. The molecule has 1 atom stereocenters. The molecular weight excluding hydrogens is 456 g/mol. The number of rotatable bonds is 9. The molecule has 0 spiro atoms. The highest BCUT2D eigenvalue weighted by Gasteiger charge is 2.43. The van der Waals surface area contributed by atoms with E-state index >= 15 is 0 Å². The summed E-state index contributed by atoms with van der Waals surface area (Å²) >= 11 is 6.20. The normalized spacial score (nSPS) is 19.3. The lowest BCUT2D eigenvalue weighted by atomic mass is 9.78. The molecule has 1 amide bonds. The highest BCUT2D eigenvalue weighted by atomic mass is 35.5. The molecule has 1 saturated heterocycles. The number of carbonyl (C=O) groups excluding carboxylic acids is 1. The Bertz CT molecular complexity index is 1060. The summed E-state index contributed by atoms with van der Waals surface area (Å²) in [6, 6.07) is 11.9. The van der Waals surface area contributed by atoms with Gasteiger partial charge in [0.2, 0.25) is 15.9 Å². The first-order valence-corrected chi connectivity index (χ1v) is 11.9. The third-order valence-electron chi connectivity index (χ3n) is 5.52. The summed E-state index contributed by atoms with van der Waals surface area (Å²) in [6.45, 7) is 0.533. The smallest absolute Gasteiger partial charge is 0.246 e. The first-order valence-electron chi connectivity index (χ1n) is 10.1. The number of hydrogen-bond acceptors (Lipinski definition) is 6. The van der Waals surface area contributed by atoms with E-state index in [1.807, 2.05) is 18.2 Å². The third kappa shape index (κ3) is 5.28. The van der Waals surface area contributed by atoms with Crippen LogP contribution in [0.2, 0.25) is 5.02 Å². The van der Waals surface area contributed by atoms with Crippen molar-refractivity contribution in [3.8, 4) is 17.2 Å². The van der Waals surface area contributed by atoms with E-state index in [4.69, 9.17) is 31.5 Å². The molecule has 0 unspecified atom stereocenters. The monoisotopic (exact) mass is 482 g/mol. The molecule has 8 nitrogen and oxygen atoms in total.